The fourth-order valence-corrected chi connectivity index (χ4v) is 4.18. The van der Waals surface area contributed by atoms with E-state index >= 15 is 0 Å². The molecule has 0 bridgehead atoms. The minimum absolute atomic E-state index is 0.0923. The molecule has 2 N–H and O–H groups in total. The SMILES string of the molecule is COCCn1c(=O)c2cc(NC(=O)Nc3cccc(C(C)=O)c3)ccc2n(Cc2ccc(Br)cc2)c1=O. The number of benzene rings is 3. The monoisotopic (exact) mass is 564 g/mol. The van der Waals surface area contributed by atoms with Crippen molar-refractivity contribution < 1.29 is 14.3 Å². The number of Topliss-reactive ketones (excluding diaryl/α,β-unsaturated/α-hetero) is 1. The average molecular weight is 565 g/mol. The summed E-state index contributed by atoms with van der Waals surface area (Å²) in [5.41, 5.74) is 1.73. The molecule has 4 aromatic rings. The van der Waals surface area contributed by atoms with Crippen LogP contribution in [0.25, 0.3) is 10.9 Å². The molecule has 9 nitrogen and oxygen atoms in total. The Labute approximate surface area is 220 Å². The van der Waals surface area contributed by atoms with Gasteiger partial charge in [0.25, 0.3) is 5.56 Å². The second-order valence-corrected chi connectivity index (χ2v) is 9.31. The van der Waals surface area contributed by atoms with Crippen LogP contribution in [-0.4, -0.2) is 34.7 Å². The van der Waals surface area contributed by atoms with Crippen LogP contribution in [0.5, 0.6) is 0 Å². The summed E-state index contributed by atoms with van der Waals surface area (Å²) in [6.07, 6.45) is 0. The number of carbonyl (C=O) groups excluding carboxylic acids is 2. The molecule has 0 atom stereocenters. The highest BCUT2D eigenvalue weighted by atomic mass is 79.9. The summed E-state index contributed by atoms with van der Waals surface area (Å²) in [4.78, 5) is 50.8. The van der Waals surface area contributed by atoms with Crippen LogP contribution < -0.4 is 21.9 Å². The number of carbonyl (C=O) groups is 2. The van der Waals surface area contributed by atoms with Crippen molar-refractivity contribution in [1.29, 1.82) is 0 Å². The van der Waals surface area contributed by atoms with E-state index in [1.165, 1.54) is 18.6 Å². The molecule has 0 saturated heterocycles. The molecule has 0 aliphatic heterocycles. The van der Waals surface area contributed by atoms with E-state index < -0.39 is 17.3 Å². The second-order valence-electron chi connectivity index (χ2n) is 8.39. The molecular weight excluding hydrogens is 540 g/mol. The van der Waals surface area contributed by atoms with Gasteiger partial charge in [-0.1, -0.05) is 40.2 Å². The minimum atomic E-state index is -0.539. The van der Waals surface area contributed by atoms with Crippen molar-refractivity contribution in [1.82, 2.24) is 9.13 Å². The van der Waals surface area contributed by atoms with E-state index in [2.05, 4.69) is 26.6 Å². The standard InChI is InChI=1S/C27H25BrN4O5/c1-17(33)19-4-3-5-21(14-19)29-26(35)30-22-10-11-24-23(15-22)25(34)31(12-13-37-2)27(36)32(24)16-18-6-8-20(28)9-7-18/h3-11,14-15H,12-13,16H2,1-2H3,(H2,29,30,35). The van der Waals surface area contributed by atoms with Gasteiger partial charge in [0.2, 0.25) is 0 Å². The van der Waals surface area contributed by atoms with E-state index in [4.69, 9.17) is 4.74 Å². The highest BCUT2D eigenvalue weighted by molar-refractivity contribution is 9.10. The third-order valence-corrected chi connectivity index (χ3v) is 6.31. The van der Waals surface area contributed by atoms with E-state index in [0.29, 0.717) is 22.5 Å². The molecule has 0 aliphatic rings. The number of rotatable bonds is 8. The van der Waals surface area contributed by atoms with Crippen molar-refractivity contribution in [2.45, 2.75) is 20.0 Å². The smallest absolute Gasteiger partial charge is 0.331 e. The predicted molar refractivity (Wildman–Crippen MR) is 147 cm³/mol. The van der Waals surface area contributed by atoms with Crippen molar-refractivity contribution in [3.63, 3.8) is 0 Å². The van der Waals surface area contributed by atoms with Gasteiger partial charge in [-0.05, 0) is 55.0 Å². The maximum Gasteiger partial charge on any atom is 0.331 e. The van der Waals surface area contributed by atoms with Crippen molar-refractivity contribution in [3.05, 3.63) is 103 Å². The number of amides is 2. The highest BCUT2D eigenvalue weighted by Crippen LogP contribution is 2.19. The van der Waals surface area contributed by atoms with Crippen LogP contribution in [0.1, 0.15) is 22.8 Å². The van der Waals surface area contributed by atoms with E-state index in [1.54, 1.807) is 42.5 Å². The lowest BCUT2D eigenvalue weighted by Crippen LogP contribution is -2.41. The third-order valence-electron chi connectivity index (χ3n) is 5.78. The number of hydrogen-bond donors (Lipinski definition) is 2. The van der Waals surface area contributed by atoms with E-state index in [-0.39, 0.29) is 30.9 Å². The molecule has 37 heavy (non-hydrogen) atoms. The topological polar surface area (TPSA) is 111 Å². The van der Waals surface area contributed by atoms with Crippen LogP contribution in [-0.2, 0) is 17.8 Å². The summed E-state index contributed by atoms with van der Waals surface area (Å²) in [5, 5.41) is 5.68. The Morgan fingerprint density at radius 1 is 0.919 bits per heavy atom. The van der Waals surface area contributed by atoms with Crippen LogP contribution >= 0.6 is 15.9 Å². The first-order valence-corrected chi connectivity index (χ1v) is 12.3. The van der Waals surface area contributed by atoms with Gasteiger partial charge in [-0.25, -0.2) is 9.59 Å². The molecule has 0 unspecified atom stereocenters. The zero-order chi connectivity index (χ0) is 26.5. The van der Waals surface area contributed by atoms with Crippen molar-refractivity contribution in [2.24, 2.45) is 0 Å². The number of hydrogen-bond acceptors (Lipinski definition) is 5. The molecule has 1 heterocycles. The summed E-state index contributed by atoms with van der Waals surface area (Å²) in [7, 11) is 1.50. The lowest BCUT2D eigenvalue weighted by Gasteiger charge is -2.15. The van der Waals surface area contributed by atoms with Crippen LogP contribution in [0.4, 0.5) is 16.2 Å². The number of nitrogens with one attached hydrogen (secondary N) is 2. The number of anilines is 2. The highest BCUT2D eigenvalue weighted by Gasteiger charge is 2.15. The second kappa shape index (κ2) is 11.4. The number of halogens is 1. The Kier molecular flexibility index (Phi) is 8.00. The molecule has 0 aliphatic carbocycles. The summed E-state index contributed by atoms with van der Waals surface area (Å²) in [5.74, 6) is -0.113. The number of aromatic nitrogens is 2. The number of nitrogens with zero attached hydrogens (tertiary/aromatic N) is 2. The summed E-state index contributed by atoms with van der Waals surface area (Å²) < 4.78 is 8.69. The molecule has 1 aromatic heterocycles. The first kappa shape index (κ1) is 26.1. The van der Waals surface area contributed by atoms with E-state index in [0.717, 1.165) is 14.6 Å². The van der Waals surface area contributed by atoms with Gasteiger partial charge in [-0.15, -0.1) is 0 Å². The first-order valence-electron chi connectivity index (χ1n) is 11.5. The molecule has 190 valence electrons. The number of urea groups is 1. The van der Waals surface area contributed by atoms with Gasteiger partial charge in [0.15, 0.2) is 5.78 Å². The van der Waals surface area contributed by atoms with E-state index in [9.17, 15) is 19.2 Å². The third kappa shape index (κ3) is 6.04. The fourth-order valence-electron chi connectivity index (χ4n) is 3.92. The minimum Gasteiger partial charge on any atom is -0.383 e. The maximum atomic E-state index is 13.3. The zero-order valence-electron chi connectivity index (χ0n) is 20.3. The largest absolute Gasteiger partial charge is 0.383 e. The molecule has 0 spiro atoms. The van der Waals surface area contributed by atoms with Gasteiger partial charge < -0.3 is 15.4 Å². The number of ketones is 1. The van der Waals surface area contributed by atoms with Crippen molar-refractivity contribution in [3.8, 4) is 0 Å². The molecule has 2 amide bonds. The average Bonchev–Trinajstić information content (AvgIpc) is 2.88. The first-order chi connectivity index (χ1) is 17.8. The Morgan fingerprint density at radius 3 is 2.30 bits per heavy atom. The summed E-state index contributed by atoms with van der Waals surface area (Å²) in [6.45, 7) is 1.99. The fraction of sp³-hybridized carbons (Fsp3) is 0.185. The molecule has 4 rings (SSSR count). The number of methoxy groups -OCH3 is 1. The Hall–Kier alpha value is -4.02. The normalized spacial score (nSPS) is 10.9. The molecule has 3 aromatic carbocycles. The van der Waals surface area contributed by atoms with Crippen LogP contribution in [0.2, 0.25) is 0 Å². The Morgan fingerprint density at radius 2 is 1.62 bits per heavy atom. The van der Waals surface area contributed by atoms with Crippen LogP contribution in [0.15, 0.2) is 80.8 Å². The Bertz CT molecular complexity index is 1590. The van der Waals surface area contributed by atoms with Gasteiger partial charge in [0.1, 0.15) is 0 Å². The van der Waals surface area contributed by atoms with Crippen LogP contribution in [0.3, 0.4) is 0 Å². The molecular formula is C27H25BrN4O5. The molecule has 0 saturated carbocycles. The number of ether oxygens (including phenoxy) is 1. The summed E-state index contributed by atoms with van der Waals surface area (Å²) >= 11 is 3.41. The lowest BCUT2D eigenvalue weighted by atomic mass is 10.1. The number of fused-ring (bicyclic) bond motifs is 1. The van der Waals surface area contributed by atoms with Gasteiger partial charge in [0, 0.05) is 28.5 Å². The van der Waals surface area contributed by atoms with Gasteiger partial charge in [0.05, 0.1) is 30.6 Å². The van der Waals surface area contributed by atoms with Crippen molar-refractivity contribution >= 4 is 50.0 Å². The zero-order valence-corrected chi connectivity index (χ0v) is 21.9. The van der Waals surface area contributed by atoms with Crippen molar-refractivity contribution in [2.75, 3.05) is 24.4 Å². The predicted octanol–water partition coefficient (Wildman–Crippen LogP) is 4.47. The quantitative estimate of drug-likeness (QED) is 0.307. The van der Waals surface area contributed by atoms with Gasteiger partial charge in [-0.2, -0.15) is 0 Å². The summed E-state index contributed by atoms with van der Waals surface area (Å²) in [6, 6.07) is 18.4. The molecule has 0 radical (unpaired) electrons. The molecule has 10 heteroatoms. The maximum absolute atomic E-state index is 13.3. The van der Waals surface area contributed by atoms with Crippen LogP contribution in [0, 0.1) is 0 Å². The Balaban J connectivity index is 1.69. The van der Waals surface area contributed by atoms with Gasteiger partial charge in [-0.3, -0.25) is 18.7 Å². The van der Waals surface area contributed by atoms with Gasteiger partial charge >= 0.3 is 11.7 Å². The lowest BCUT2D eigenvalue weighted by molar-refractivity contribution is 0.101. The molecule has 0 fully saturated rings. The van der Waals surface area contributed by atoms with E-state index in [1.807, 2.05) is 24.3 Å².